The van der Waals surface area contributed by atoms with Crippen LogP contribution in [0.3, 0.4) is 0 Å². The maximum atomic E-state index is 13.2. The molecule has 2 aromatic rings. The van der Waals surface area contributed by atoms with E-state index in [4.69, 9.17) is 21.1 Å². The molecule has 3 rings (SSSR count). The Hall–Kier alpha value is -2.57. The van der Waals surface area contributed by atoms with E-state index in [2.05, 4.69) is 0 Å². The number of hydrogen-bond donors (Lipinski definition) is 0. The average Bonchev–Trinajstić information content (AvgIpc) is 2.80. The molecular weight excluding hydrogens is 440 g/mol. The number of ether oxygens (including phenoxy) is 2. The fraction of sp³-hybridized carbons (Fsp3) is 0.462. The molecule has 1 atom stereocenters. The van der Waals surface area contributed by atoms with E-state index in [9.17, 15) is 9.59 Å². The number of halogens is 1. The predicted molar refractivity (Wildman–Crippen MR) is 129 cm³/mol. The molecule has 7 heteroatoms. The minimum atomic E-state index is -0.932. The number of carbonyl (C=O) groups excluding carboxylic acids is 2. The second-order valence-corrected chi connectivity index (χ2v) is 9.47. The molecule has 33 heavy (non-hydrogen) atoms. The van der Waals surface area contributed by atoms with Crippen molar-refractivity contribution >= 4 is 23.4 Å². The first-order valence-electron chi connectivity index (χ1n) is 11.3. The van der Waals surface area contributed by atoms with Crippen molar-refractivity contribution in [2.75, 3.05) is 33.4 Å². The topological polar surface area (TPSA) is 59.1 Å². The minimum Gasteiger partial charge on any atom is -0.490 e. The van der Waals surface area contributed by atoms with Crippen LogP contribution in [0.5, 0.6) is 5.75 Å². The predicted octanol–water partition coefficient (Wildman–Crippen LogP) is 4.33. The molecule has 0 unspecified atom stereocenters. The van der Waals surface area contributed by atoms with Gasteiger partial charge in [-0.3, -0.25) is 9.59 Å². The molecule has 1 saturated heterocycles. The molecule has 1 aliphatic heterocycles. The van der Waals surface area contributed by atoms with E-state index in [1.54, 1.807) is 29.0 Å². The van der Waals surface area contributed by atoms with Crippen LogP contribution in [0.1, 0.15) is 31.4 Å². The maximum Gasteiger partial charge on any atom is 0.225 e. The van der Waals surface area contributed by atoms with E-state index in [-0.39, 0.29) is 30.8 Å². The fourth-order valence-electron chi connectivity index (χ4n) is 3.92. The Bertz CT molecular complexity index is 966. The van der Waals surface area contributed by atoms with Crippen LogP contribution >= 0.6 is 11.6 Å². The quantitative estimate of drug-likeness (QED) is 0.573. The Kier molecular flexibility index (Phi) is 8.38. The highest BCUT2D eigenvalue weighted by molar-refractivity contribution is 6.31. The highest BCUT2D eigenvalue weighted by Crippen LogP contribution is 2.28. The van der Waals surface area contributed by atoms with Crippen LogP contribution in [0.15, 0.2) is 48.5 Å². The normalized spacial score (nSPS) is 18.3. The standard InChI is InChI=1S/C26H33ClN2O4/c1-19(2)25(31)29-12-13-33-26(17-29,18-32-22-10-11-23(27)20(3)14-22)15-24(30)28(4)16-21-8-6-5-7-9-21/h5-11,14,19H,12-13,15-18H2,1-4H3/t26-/m0/s1. The Morgan fingerprint density at radius 2 is 1.94 bits per heavy atom. The lowest BCUT2D eigenvalue weighted by atomic mass is 9.96. The van der Waals surface area contributed by atoms with Crippen molar-refractivity contribution in [2.24, 2.45) is 5.92 Å². The van der Waals surface area contributed by atoms with E-state index in [0.717, 1.165) is 11.1 Å². The summed E-state index contributed by atoms with van der Waals surface area (Å²) >= 11 is 6.14. The van der Waals surface area contributed by atoms with E-state index in [0.29, 0.717) is 37.0 Å². The highest BCUT2D eigenvalue weighted by Gasteiger charge is 2.42. The average molecular weight is 473 g/mol. The summed E-state index contributed by atoms with van der Waals surface area (Å²) in [5.74, 6) is 0.512. The van der Waals surface area contributed by atoms with E-state index in [1.165, 1.54) is 0 Å². The summed E-state index contributed by atoms with van der Waals surface area (Å²) in [5, 5.41) is 0.664. The number of hydrogen-bond acceptors (Lipinski definition) is 4. The summed E-state index contributed by atoms with van der Waals surface area (Å²) < 4.78 is 12.3. The monoisotopic (exact) mass is 472 g/mol. The third-order valence-electron chi connectivity index (χ3n) is 5.85. The van der Waals surface area contributed by atoms with Gasteiger partial charge < -0.3 is 19.3 Å². The van der Waals surface area contributed by atoms with Crippen LogP contribution in [0.4, 0.5) is 0 Å². The number of rotatable bonds is 8. The number of amides is 2. The molecule has 178 valence electrons. The molecule has 6 nitrogen and oxygen atoms in total. The van der Waals surface area contributed by atoms with Gasteiger partial charge in [0, 0.05) is 31.1 Å². The third-order valence-corrected chi connectivity index (χ3v) is 6.27. The van der Waals surface area contributed by atoms with Crippen LogP contribution in [-0.2, 0) is 20.9 Å². The molecule has 0 aromatic heterocycles. The van der Waals surface area contributed by atoms with Crippen molar-refractivity contribution in [3.05, 3.63) is 64.7 Å². The summed E-state index contributed by atoms with van der Waals surface area (Å²) in [5.41, 5.74) is 1.03. The van der Waals surface area contributed by atoms with Crippen molar-refractivity contribution in [1.29, 1.82) is 0 Å². The maximum absolute atomic E-state index is 13.2. The Labute approximate surface area is 201 Å². The van der Waals surface area contributed by atoms with E-state index >= 15 is 0 Å². The van der Waals surface area contributed by atoms with Gasteiger partial charge in [-0.1, -0.05) is 55.8 Å². The zero-order valence-electron chi connectivity index (χ0n) is 19.8. The van der Waals surface area contributed by atoms with Gasteiger partial charge in [-0.25, -0.2) is 0 Å². The zero-order chi connectivity index (χ0) is 24.0. The molecule has 1 fully saturated rings. The SMILES string of the molecule is Cc1cc(OC[C@]2(CC(=O)N(C)Cc3ccccc3)CN(C(=O)C(C)C)CCO2)ccc1Cl. The van der Waals surface area contributed by atoms with Crippen LogP contribution in [0, 0.1) is 12.8 Å². The molecule has 0 aliphatic carbocycles. The summed E-state index contributed by atoms with van der Waals surface area (Å²) in [7, 11) is 1.78. The lowest BCUT2D eigenvalue weighted by molar-refractivity contribution is -0.167. The third kappa shape index (κ3) is 6.71. The van der Waals surface area contributed by atoms with Crippen molar-refractivity contribution in [3.63, 3.8) is 0 Å². The molecule has 1 aliphatic rings. The lowest BCUT2D eigenvalue weighted by Gasteiger charge is -2.43. The zero-order valence-corrected chi connectivity index (χ0v) is 20.6. The van der Waals surface area contributed by atoms with Crippen LogP contribution in [-0.4, -0.2) is 60.6 Å². The molecule has 2 aromatic carbocycles. The second kappa shape index (κ2) is 11.0. The smallest absolute Gasteiger partial charge is 0.225 e. The first-order chi connectivity index (χ1) is 15.7. The lowest BCUT2D eigenvalue weighted by Crippen LogP contribution is -2.58. The van der Waals surface area contributed by atoms with Crippen molar-refractivity contribution in [1.82, 2.24) is 9.80 Å². The summed E-state index contributed by atoms with van der Waals surface area (Å²) in [6, 6.07) is 15.3. The summed E-state index contributed by atoms with van der Waals surface area (Å²) in [6.45, 7) is 7.50. The van der Waals surface area contributed by atoms with Gasteiger partial charge in [0.1, 0.15) is 18.0 Å². The van der Waals surface area contributed by atoms with Crippen LogP contribution in [0.2, 0.25) is 5.02 Å². The molecule has 0 bridgehead atoms. The first kappa shape index (κ1) is 25.1. The van der Waals surface area contributed by atoms with Gasteiger partial charge >= 0.3 is 0 Å². The second-order valence-electron chi connectivity index (χ2n) is 9.06. The van der Waals surface area contributed by atoms with E-state index < -0.39 is 5.60 Å². The number of benzene rings is 2. The molecular formula is C26H33ClN2O4. The Balaban J connectivity index is 1.77. The van der Waals surface area contributed by atoms with Crippen molar-refractivity contribution < 1.29 is 19.1 Å². The van der Waals surface area contributed by atoms with Crippen LogP contribution < -0.4 is 4.74 Å². The molecule has 2 amide bonds. The van der Waals surface area contributed by atoms with Gasteiger partial charge in [-0.2, -0.15) is 0 Å². The summed E-state index contributed by atoms with van der Waals surface area (Å²) in [6.07, 6.45) is 0.116. The molecule has 1 heterocycles. The van der Waals surface area contributed by atoms with Gasteiger partial charge in [0.2, 0.25) is 11.8 Å². The van der Waals surface area contributed by atoms with Gasteiger partial charge in [-0.15, -0.1) is 0 Å². The molecule has 0 radical (unpaired) electrons. The molecule has 0 saturated carbocycles. The van der Waals surface area contributed by atoms with Gasteiger partial charge in [0.05, 0.1) is 19.6 Å². The largest absolute Gasteiger partial charge is 0.490 e. The summed E-state index contributed by atoms with van der Waals surface area (Å²) in [4.78, 5) is 29.4. The van der Waals surface area contributed by atoms with E-state index in [1.807, 2.05) is 57.2 Å². The van der Waals surface area contributed by atoms with Crippen molar-refractivity contribution in [2.45, 2.75) is 39.3 Å². The van der Waals surface area contributed by atoms with Crippen molar-refractivity contribution in [3.8, 4) is 5.75 Å². The number of morpholine rings is 1. The minimum absolute atomic E-state index is 0.0510. The molecule has 0 spiro atoms. The first-order valence-corrected chi connectivity index (χ1v) is 11.7. The number of aryl methyl sites for hydroxylation is 1. The van der Waals surface area contributed by atoms with Gasteiger partial charge in [-0.05, 0) is 36.2 Å². The van der Waals surface area contributed by atoms with Crippen LogP contribution in [0.25, 0.3) is 0 Å². The van der Waals surface area contributed by atoms with Gasteiger partial charge in [0.25, 0.3) is 0 Å². The number of carbonyl (C=O) groups is 2. The Morgan fingerprint density at radius 1 is 1.21 bits per heavy atom. The number of nitrogens with zero attached hydrogens (tertiary/aromatic N) is 2. The van der Waals surface area contributed by atoms with Gasteiger partial charge in [0.15, 0.2) is 0 Å². The Morgan fingerprint density at radius 3 is 2.61 bits per heavy atom. The fourth-order valence-corrected chi connectivity index (χ4v) is 4.04. The molecule has 0 N–H and O–H groups in total. The highest BCUT2D eigenvalue weighted by atomic mass is 35.5.